The zero-order chi connectivity index (χ0) is 14.0. The van der Waals surface area contributed by atoms with Crippen LogP contribution in [-0.2, 0) is 6.18 Å². The Morgan fingerprint density at radius 1 is 1.21 bits per heavy atom. The number of alkyl halides is 3. The van der Waals surface area contributed by atoms with Crippen molar-refractivity contribution in [1.82, 2.24) is 5.32 Å². The number of hydrogen-bond donors (Lipinski definition) is 1. The minimum Gasteiger partial charge on any atom is -0.309 e. The van der Waals surface area contributed by atoms with Gasteiger partial charge < -0.3 is 5.32 Å². The van der Waals surface area contributed by atoms with E-state index in [0.717, 1.165) is 23.8 Å². The van der Waals surface area contributed by atoms with Gasteiger partial charge in [-0.05, 0) is 47.6 Å². The van der Waals surface area contributed by atoms with Gasteiger partial charge in [-0.3, -0.25) is 0 Å². The average Bonchev–Trinajstić information content (AvgIpc) is 2.84. The predicted octanol–water partition coefficient (Wildman–Crippen LogP) is 4.21. The molecule has 1 nitrogen and oxygen atoms in total. The lowest BCUT2D eigenvalue weighted by Gasteiger charge is -2.18. The molecule has 0 aliphatic heterocycles. The highest BCUT2D eigenvalue weighted by Crippen LogP contribution is 2.33. The van der Waals surface area contributed by atoms with Crippen LogP contribution in [0.4, 0.5) is 17.6 Å². The van der Waals surface area contributed by atoms with E-state index in [2.05, 4.69) is 5.32 Å². The molecular formula is C13H11F4NS. The summed E-state index contributed by atoms with van der Waals surface area (Å²) in [5.74, 6) is -0.654. The molecule has 102 valence electrons. The van der Waals surface area contributed by atoms with Gasteiger partial charge in [-0.25, -0.2) is 4.39 Å². The Bertz CT molecular complexity index is 548. The lowest BCUT2D eigenvalue weighted by Crippen LogP contribution is -2.19. The van der Waals surface area contributed by atoms with Gasteiger partial charge in [0.15, 0.2) is 0 Å². The summed E-state index contributed by atoms with van der Waals surface area (Å²) in [6.45, 7) is 0. The van der Waals surface area contributed by atoms with Gasteiger partial charge in [0.25, 0.3) is 0 Å². The quantitative estimate of drug-likeness (QED) is 0.834. The van der Waals surface area contributed by atoms with Crippen LogP contribution in [0.1, 0.15) is 22.7 Å². The van der Waals surface area contributed by atoms with E-state index in [1.54, 1.807) is 23.9 Å². The minimum absolute atomic E-state index is 0.00396. The highest BCUT2D eigenvalue weighted by Gasteiger charge is 2.32. The van der Waals surface area contributed by atoms with Crippen LogP contribution < -0.4 is 5.32 Å². The molecule has 0 saturated heterocycles. The lowest BCUT2D eigenvalue weighted by atomic mass is 9.98. The van der Waals surface area contributed by atoms with Crippen molar-refractivity contribution in [3.05, 3.63) is 57.5 Å². The Kier molecular flexibility index (Phi) is 3.91. The molecule has 0 amide bonds. The smallest absolute Gasteiger partial charge is 0.309 e. The number of nitrogens with one attached hydrogen (secondary N) is 1. The van der Waals surface area contributed by atoms with Crippen molar-refractivity contribution >= 4 is 11.3 Å². The monoisotopic (exact) mass is 289 g/mol. The summed E-state index contributed by atoms with van der Waals surface area (Å²) < 4.78 is 51.8. The van der Waals surface area contributed by atoms with E-state index in [9.17, 15) is 17.6 Å². The third-order valence-electron chi connectivity index (χ3n) is 2.80. The summed E-state index contributed by atoms with van der Waals surface area (Å²) in [7, 11) is 1.59. The maximum Gasteiger partial charge on any atom is 0.416 e. The molecule has 1 aromatic carbocycles. The van der Waals surface area contributed by atoms with E-state index >= 15 is 0 Å². The van der Waals surface area contributed by atoms with Gasteiger partial charge in [-0.1, -0.05) is 0 Å². The molecule has 6 heteroatoms. The largest absolute Gasteiger partial charge is 0.416 e. The van der Waals surface area contributed by atoms with Gasteiger partial charge >= 0.3 is 6.18 Å². The van der Waals surface area contributed by atoms with Crippen molar-refractivity contribution in [3.63, 3.8) is 0 Å². The van der Waals surface area contributed by atoms with Crippen molar-refractivity contribution in [2.45, 2.75) is 12.2 Å². The Balaban J connectivity index is 2.48. The van der Waals surface area contributed by atoms with Gasteiger partial charge in [-0.2, -0.15) is 24.5 Å². The van der Waals surface area contributed by atoms with Crippen molar-refractivity contribution in [1.29, 1.82) is 0 Å². The average molecular weight is 289 g/mol. The molecule has 0 aliphatic rings. The molecule has 0 spiro atoms. The molecule has 0 aliphatic carbocycles. The molecule has 2 aromatic rings. The van der Waals surface area contributed by atoms with E-state index < -0.39 is 23.6 Å². The van der Waals surface area contributed by atoms with Gasteiger partial charge in [0.05, 0.1) is 11.6 Å². The second kappa shape index (κ2) is 5.30. The molecule has 0 radical (unpaired) electrons. The molecule has 1 unspecified atom stereocenters. The number of thiophene rings is 1. The first-order chi connectivity index (χ1) is 8.93. The standard InChI is InChI=1S/C13H11F4NS/c1-18-12(8-4-5-19-7-8)10-6-9(13(15,16)17)2-3-11(10)14/h2-7,12,18H,1H3. The van der Waals surface area contributed by atoms with E-state index in [4.69, 9.17) is 0 Å². The zero-order valence-corrected chi connectivity index (χ0v) is 10.8. The fourth-order valence-corrected chi connectivity index (χ4v) is 2.57. The molecule has 1 aromatic heterocycles. The van der Waals surface area contributed by atoms with Crippen LogP contribution in [0.5, 0.6) is 0 Å². The summed E-state index contributed by atoms with van der Waals surface area (Å²) >= 11 is 1.41. The first-order valence-corrected chi connectivity index (χ1v) is 6.43. The van der Waals surface area contributed by atoms with Crippen molar-refractivity contribution in [3.8, 4) is 0 Å². The van der Waals surface area contributed by atoms with Crippen LogP contribution >= 0.6 is 11.3 Å². The molecule has 1 atom stereocenters. The number of benzene rings is 1. The predicted molar refractivity (Wildman–Crippen MR) is 66.6 cm³/mol. The Morgan fingerprint density at radius 3 is 2.47 bits per heavy atom. The number of rotatable bonds is 3. The highest BCUT2D eigenvalue weighted by atomic mass is 32.1. The molecule has 0 saturated carbocycles. The van der Waals surface area contributed by atoms with Crippen molar-refractivity contribution < 1.29 is 17.6 Å². The van der Waals surface area contributed by atoms with Crippen LogP contribution in [0.15, 0.2) is 35.0 Å². The fraction of sp³-hybridized carbons (Fsp3) is 0.231. The van der Waals surface area contributed by atoms with Gasteiger partial charge in [0, 0.05) is 5.56 Å². The zero-order valence-electron chi connectivity index (χ0n) is 9.96. The van der Waals surface area contributed by atoms with Gasteiger partial charge in [0.2, 0.25) is 0 Å². The Labute approximate surface area is 111 Å². The molecular weight excluding hydrogens is 278 g/mol. The van der Waals surface area contributed by atoms with Crippen LogP contribution in [0.3, 0.4) is 0 Å². The summed E-state index contributed by atoms with van der Waals surface area (Å²) in [6, 6.07) is 3.63. The maximum absolute atomic E-state index is 13.8. The third-order valence-corrected chi connectivity index (χ3v) is 3.50. The molecule has 0 fully saturated rings. The minimum atomic E-state index is -4.48. The second-order valence-corrected chi connectivity index (χ2v) is 4.79. The van der Waals surface area contributed by atoms with E-state index in [1.165, 1.54) is 11.3 Å². The lowest BCUT2D eigenvalue weighted by molar-refractivity contribution is -0.137. The number of halogens is 4. The highest BCUT2D eigenvalue weighted by molar-refractivity contribution is 7.08. The van der Waals surface area contributed by atoms with Gasteiger partial charge in [-0.15, -0.1) is 0 Å². The van der Waals surface area contributed by atoms with Crippen LogP contribution in [0.2, 0.25) is 0 Å². The Hall–Kier alpha value is -1.40. The summed E-state index contributed by atoms with van der Waals surface area (Å²) in [4.78, 5) is 0. The van der Waals surface area contributed by atoms with Crippen molar-refractivity contribution in [2.75, 3.05) is 7.05 Å². The van der Waals surface area contributed by atoms with Crippen molar-refractivity contribution in [2.24, 2.45) is 0 Å². The fourth-order valence-electron chi connectivity index (χ4n) is 1.88. The van der Waals surface area contributed by atoms with Crippen LogP contribution in [0.25, 0.3) is 0 Å². The number of hydrogen-bond acceptors (Lipinski definition) is 2. The Morgan fingerprint density at radius 2 is 1.95 bits per heavy atom. The maximum atomic E-state index is 13.8. The first-order valence-electron chi connectivity index (χ1n) is 5.49. The summed E-state index contributed by atoms with van der Waals surface area (Å²) in [5.41, 5.74) is -0.110. The molecule has 1 N–H and O–H groups in total. The SMILES string of the molecule is CNC(c1ccsc1)c1cc(C(F)(F)F)ccc1F. The molecule has 19 heavy (non-hydrogen) atoms. The van der Waals surface area contributed by atoms with E-state index in [0.29, 0.717) is 0 Å². The van der Waals surface area contributed by atoms with Crippen LogP contribution in [0, 0.1) is 5.82 Å². The topological polar surface area (TPSA) is 12.0 Å². The summed E-state index contributed by atoms with van der Waals surface area (Å²) in [5, 5.41) is 6.42. The summed E-state index contributed by atoms with van der Waals surface area (Å²) in [6.07, 6.45) is -4.48. The molecule has 2 rings (SSSR count). The molecule has 1 heterocycles. The van der Waals surface area contributed by atoms with Gasteiger partial charge in [0.1, 0.15) is 5.82 Å². The van der Waals surface area contributed by atoms with E-state index in [-0.39, 0.29) is 5.56 Å². The second-order valence-electron chi connectivity index (χ2n) is 4.01. The normalized spacial score (nSPS) is 13.5. The third kappa shape index (κ3) is 2.96. The first kappa shape index (κ1) is 14.0. The van der Waals surface area contributed by atoms with Crippen LogP contribution in [-0.4, -0.2) is 7.05 Å². The molecule has 0 bridgehead atoms. The van der Waals surface area contributed by atoms with E-state index in [1.807, 2.05) is 0 Å².